The zero-order valence-corrected chi connectivity index (χ0v) is 8.40. The first-order valence-electron chi connectivity index (χ1n) is 5.00. The van der Waals surface area contributed by atoms with Crippen molar-refractivity contribution < 1.29 is 14.6 Å². The second kappa shape index (κ2) is 5.29. The molecule has 1 rings (SSSR count). The second-order valence-electron chi connectivity index (χ2n) is 3.45. The molecule has 1 amide bonds. The third kappa shape index (κ3) is 2.67. The Morgan fingerprint density at radius 1 is 1.71 bits per heavy atom. The summed E-state index contributed by atoms with van der Waals surface area (Å²) < 4.78 is 5.38. The van der Waals surface area contributed by atoms with Gasteiger partial charge in [-0.2, -0.15) is 0 Å². The molecule has 1 saturated heterocycles. The molecule has 0 aromatic heterocycles. The van der Waals surface area contributed by atoms with Crippen LogP contribution in [0.25, 0.3) is 0 Å². The molecular weight excluding hydrogens is 184 g/mol. The number of ether oxygens (including phenoxy) is 1. The van der Waals surface area contributed by atoms with Gasteiger partial charge in [-0.05, 0) is 6.42 Å². The van der Waals surface area contributed by atoms with Crippen molar-refractivity contribution in [3.8, 4) is 0 Å². The highest BCUT2D eigenvalue weighted by Gasteiger charge is 2.36. The summed E-state index contributed by atoms with van der Waals surface area (Å²) in [6, 6.07) is 0. The van der Waals surface area contributed by atoms with Gasteiger partial charge in [0.15, 0.2) is 0 Å². The largest absolute Gasteiger partial charge is 0.390 e. The topological polar surface area (TPSA) is 84.6 Å². The number of hydrogen-bond acceptors (Lipinski definition) is 4. The Morgan fingerprint density at radius 2 is 2.43 bits per heavy atom. The van der Waals surface area contributed by atoms with E-state index in [4.69, 9.17) is 10.5 Å². The fraction of sp³-hybridized carbons (Fsp3) is 0.889. The highest BCUT2D eigenvalue weighted by molar-refractivity contribution is 5.81. The smallest absolute Gasteiger partial charge is 0.249 e. The van der Waals surface area contributed by atoms with Crippen LogP contribution in [-0.2, 0) is 9.53 Å². The van der Waals surface area contributed by atoms with Gasteiger partial charge >= 0.3 is 0 Å². The number of nitrogens with one attached hydrogen (secondary N) is 1. The number of hydrogen-bond donors (Lipinski definition) is 3. The molecule has 14 heavy (non-hydrogen) atoms. The summed E-state index contributed by atoms with van der Waals surface area (Å²) >= 11 is 0. The molecule has 1 fully saturated rings. The number of nitrogens with two attached hydrogens (primary N) is 1. The number of rotatable bonds is 4. The van der Waals surface area contributed by atoms with Crippen molar-refractivity contribution in [2.75, 3.05) is 13.1 Å². The minimum atomic E-state index is -0.520. The lowest BCUT2D eigenvalue weighted by Crippen LogP contribution is -2.37. The van der Waals surface area contributed by atoms with E-state index in [1.165, 1.54) is 0 Å². The van der Waals surface area contributed by atoms with E-state index in [2.05, 4.69) is 5.32 Å². The summed E-state index contributed by atoms with van der Waals surface area (Å²) in [5, 5.41) is 12.1. The van der Waals surface area contributed by atoms with Crippen molar-refractivity contribution in [2.24, 2.45) is 5.73 Å². The average Bonchev–Trinajstić information content (AvgIpc) is 2.56. The van der Waals surface area contributed by atoms with Crippen LogP contribution < -0.4 is 11.1 Å². The van der Waals surface area contributed by atoms with Gasteiger partial charge in [0.25, 0.3) is 0 Å². The molecule has 4 N–H and O–H groups in total. The SMILES string of the molecule is CCC1OC(C(=O)NCCN)CC1O. The quantitative estimate of drug-likeness (QED) is 0.545. The van der Waals surface area contributed by atoms with E-state index in [0.29, 0.717) is 19.5 Å². The molecule has 0 aromatic carbocycles. The molecule has 1 heterocycles. The lowest BCUT2D eigenvalue weighted by atomic mass is 10.1. The van der Waals surface area contributed by atoms with Gasteiger partial charge in [0.1, 0.15) is 6.10 Å². The summed E-state index contributed by atoms with van der Waals surface area (Å²) in [7, 11) is 0. The van der Waals surface area contributed by atoms with Gasteiger partial charge in [0.05, 0.1) is 12.2 Å². The normalized spacial score (nSPS) is 31.8. The molecular formula is C9H18N2O3. The van der Waals surface area contributed by atoms with E-state index in [-0.39, 0.29) is 12.0 Å². The standard InChI is InChI=1S/C9H18N2O3/c1-2-7-6(12)5-8(14-7)9(13)11-4-3-10/h6-8,12H,2-5,10H2,1H3,(H,11,13). The molecule has 82 valence electrons. The van der Waals surface area contributed by atoms with Crippen molar-refractivity contribution in [1.82, 2.24) is 5.32 Å². The maximum Gasteiger partial charge on any atom is 0.249 e. The van der Waals surface area contributed by atoms with Crippen LogP contribution in [0.5, 0.6) is 0 Å². The Hall–Kier alpha value is -0.650. The lowest BCUT2D eigenvalue weighted by Gasteiger charge is -2.12. The van der Waals surface area contributed by atoms with Gasteiger partial charge in [-0.1, -0.05) is 6.92 Å². The van der Waals surface area contributed by atoms with Crippen LogP contribution in [0.4, 0.5) is 0 Å². The molecule has 0 bridgehead atoms. The van der Waals surface area contributed by atoms with Crippen molar-refractivity contribution in [2.45, 2.75) is 38.1 Å². The summed E-state index contributed by atoms with van der Waals surface area (Å²) in [5.74, 6) is -0.176. The van der Waals surface area contributed by atoms with Crippen molar-refractivity contribution in [1.29, 1.82) is 0 Å². The maximum atomic E-state index is 11.4. The van der Waals surface area contributed by atoms with Crippen LogP contribution >= 0.6 is 0 Å². The summed E-state index contributed by atoms with van der Waals surface area (Å²) in [6.07, 6.45) is -0.129. The first kappa shape index (κ1) is 11.4. The fourth-order valence-corrected chi connectivity index (χ4v) is 1.57. The van der Waals surface area contributed by atoms with Crippen LogP contribution in [0, 0.1) is 0 Å². The van der Waals surface area contributed by atoms with Crippen LogP contribution in [0.2, 0.25) is 0 Å². The fourth-order valence-electron chi connectivity index (χ4n) is 1.57. The van der Waals surface area contributed by atoms with Gasteiger partial charge < -0.3 is 20.9 Å². The molecule has 0 aromatic rings. The van der Waals surface area contributed by atoms with Crippen LogP contribution in [0.3, 0.4) is 0 Å². The van der Waals surface area contributed by atoms with Crippen molar-refractivity contribution >= 4 is 5.91 Å². The van der Waals surface area contributed by atoms with E-state index in [9.17, 15) is 9.90 Å². The zero-order chi connectivity index (χ0) is 10.6. The Labute approximate surface area is 83.6 Å². The molecule has 1 aliphatic rings. The number of carbonyl (C=O) groups is 1. The van der Waals surface area contributed by atoms with Crippen LogP contribution in [0.15, 0.2) is 0 Å². The van der Waals surface area contributed by atoms with Gasteiger partial charge in [0, 0.05) is 19.5 Å². The van der Waals surface area contributed by atoms with E-state index in [1.807, 2.05) is 6.92 Å². The lowest BCUT2D eigenvalue weighted by molar-refractivity contribution is -0.132. The maximum absolute atomic E-state index is 11.4. The molecule has 0 radical (unpaired) electrons. The molecule has 5 heteroatoms. The monoisotopic (exact) mass is 202 g/mol. The van der Waals surface area contributed by atoms with Crippen LogP contribution in [-0.4, -0.2) is 42.4 Å². The van der Waals surface area contributed by atoms with Gasteiger partial charge in [-0.15, -0.1) is 0 Å². The van der Waals surface area contributed by atoms with Crippen LogP contribution in [0.1, 0.15) is 19.8 Å². The number of carbonyl (C=O) groups excluding carboxylic acids is 1. The van der Waals surface area contributed by atoms with E-state index in [1.54, 1.807) is 0 Å². The predicted octanol–water partition coefficient (Wildman–Crippen LogP) is -1.01. The Morgan fingerprint density at radius 3 is 2.93 bits per heavy atom. The van der Waals surface area contributed by atoms with E-state index >= 15 is 0 Å². The number of aliphatic hydroxyl groups excluding tert-OH is 1. The van der Waals surface area contributed by atoms with Gasteiger partial charge in [-0.25, -0.2) is 0 Å². The molecule has 1 aliphatic heterocycles. The molecule has 5 nitrogen and oxygen atoms in total. The first-order valence-corrected chi connectivity index (χ1v) is 5.00. The van der Waals surface area contributed by atoms with E-state index in [0.717, 1.165) is 6.42 Å². The van der Waals surface area contributed by atoms with Crippen molar-refractivity contribution in [3.05, 3.63) is 0 Å². The molecule has 0 aliphatic carbocycles. The molecule has 0 saturated carbocycles. The highest BCUT2D eigenvalue weighted by Crippen LogP contribution is 2.22. The third-order valence-electron chi connectivity index (χ3n) is 2.36. The number of amides is 1. The third-order valence-corrected chi connectivity index (χ3v) is 2.36. The minimum absolute atomic E-state index is 0.176. The molecule has 0 spiro atoms. The average molecular weight is 202 g/mol. The molecule has 3 unspecified atom stereocenters. The van der Waals surface area contributed by atoms with Gasteiger partial charge in [0.2, 0.25) is 5.91 Å². The second-order valence-corrected chi connectivity index (χ2v) is 3.45. The Bertz CT molecular complexity index is 198. The first-order chi connectivity index (χ1) is 6.69. The molecule has 3 atom stereocenters. The Balaban J connectivity index is 2.36. The summed E-state index contributed by atoms with van der Waals surface area (Å²) in [4.78, 5) is 11.4. The summed E-state index contributed by atoms with van der Waals surface area (Å²) in [5.41, 5.74) is 5.25. The number of aliphatic hydroxyl groups is 1. The van der Waals surface area contributed by atoms with Gasteiger partial charge in [-0.3, -0.25) is 4.79 Å². The highest BCUT2D eigenvalue weighted by atomic mass is 16.5. The minimum Gasteiger partial charge on any atom is -0.390 e. The van der Waals surface area contributed by atoms with E-state index < -0.39 is 12.2 Å². The zero-order valence-electron chi connectivity index (χ0n) is 8.40. The Kier molecular flexibility index (Phi) is 4.31. The summed E-state index contributed by atoms with van der Waals surface area (Å²) in [6.45, 7) is 2.79. The van der Waals surface area contributed by atoms with Crippen molar-refractivity contribution in [3.63, 3.8) is 0 Å². The predicted molar refractivity (Wildman–Crippen MR) is 51.6 cm³/mol.